The average molecular weight is 366 g/mol. The fourth-order valence-electron chi connectivity index (χ4n) is 3.37. The lowest BCUT2D eigenvalue weighted by Crippen LogP contribution is -2.19. The van der Waals surface area contributed by atoms with Crippen molar-refractivity contribution in [1.29, 1.82) is 0 Å². The molecule has 0 atom stereocenters. The number of carbonyl (C=O) groups excluding carboxylic acids is 1. The first-order valence-electron chi connectivity index (χ1n) is 9.21. The van der Waals surface area contributed by atoms with E-state index in [2.05, 4.69) is 5.16 Å². The molecule has 1 saturated carbocycles. The Labute approximate surface area is 158 Å². The predicted octanol–water partition coefficient (Wildman–Crippen LogP) is 5.07. The topological polar surface area (TPSA) is 81.8 Å². The molecule has 6 nitrogen and oxygen atoms in total. The first-order chi connectivity index (χ1) is 13.1. The summed E-state index contributed by atoms with van der Waals surface area (Å²) in [5.74, 6) is -0.736. The Morgan fingerprint density at radius 2 is 1.63 bits per heavy atom. The molecule has 2 aromatic rings. The maximum atomic E-state index is 12.2. The van der Waals surface area contributed by atoms with E-state index in [9.17, 15) is 14.9 Å². The summed E-state index contributed by atoms with van der Waals surface area (Å²) in [4.78, 5) is 27.7. The number of nitro groups is 1. The fourth-order valence-corrected chi connectivity index (χ4v) is 3.37. The average Bonchev–Trinajstić information content (AvgIpc) is 2.72. The summed E-state index contributed by atoms with van der Waals surface area (Å²) in [7, 11) is 0. The summed E-state index contributed by atoms with van der Waals surface area (Å²) in [5, 5.41) is 14.7. The largest absolute Gasteiger partial charge is 0.393 e. The van der Waals surface area contributed by atoms with E-state index in [1.807, 2.05) is 42.5 Å². The predicted molar refractivity (Wildman–Crippen MR) is 103 cm³/mol. The maximum absolute atomic E-state index is 12.2. The van der Waals surface area contributed by atoms with Gasteiger partial charge < -0.3 is 10.1 Å². The summed E-state index contributed by atoms with van der Waals surface area (Å²) in [6.07, 6.45) is 5.51. The smallest absolute Gasteiger partial charge is 0.358 e. The summed E-state index contributed by atoms with van der Waals surface area (Å²) >= 11 is 0. The third-order valence-electron chi connectivity index (χ3n) is 4.87. The molecule has 1 fully saturated rings. The van der Waals surface area contributed by atoms with E-state index in [-0.39, 0.29) is 18.2 Å². The van der Waals surface area contributed by atoms with Crippen LogP contribution in [0.2, 0.25) is 0 Å². The summed E-state index contributed by atoms with van der Waals surface area (Å²) in [5.41, 5.74) is 2.32. The molecule has 0 N–H and O–H groups in total. The van der Waals surface area contributed by atoms with Crippen LogP contribution in [0.4, 0.5) is 0 Å². The third kappa shape index (κ3) is 5.23. The highest BCUT2D eigenvalue weighted by Crippen LogP contribution is 2.27. The van der Waals surface area contributed by atoms with Crippen LogP contribution in [0.1, 0.15) is 48.9 Å². The first-order valence-corrected chi connectivity index (χ1v) is 9.21. The van der Waals surface area contributed by atoms with Gasteiger partial charge in [0.05, 0.1) is 12.0 Å². The van der Waals surface area contributed by atoms with E-state index in [0.717, 1.165) is 36.8 Å². The molecule has 0 heterocycles. The van der Waals surface area contributed by atoms with Crippen molar-refractivity contribution < 1.29 is 14.6 Å². The van der Waals surface area contributed by atoms with Crippen LogP contribution in [0.25, 0.3) is 11.1 Å². The molecule has 6 heteroatoms. The van der Waals surface area contributed by atoms with Gasteiger partial charge in [0.25, 0.3) is 0 Å². The van der Waals surface area contributed by atoms with Gasteiger partial charge in [0.2, 0.25) is 0 Å². The van der Waals surface area contributed by atoms with Gasteiger partial charge in [-0.05, 0) is 46.9 Å². The number of oxime groups is 1. The Kier molecular flexibility index (Phi) is 6.30. The monoisotopic (exact) mass is 366 g/mol. The van der Waals surface area contributed by atoms with Crippen molar-refractivity contribution in [2.45, 2.75) is 38.5 Å². The van der Waals surface area contributed by atoms with Gasteiger partial charge >= 0.3 is 11.8 Å². The van der Waals surface area contributed by atoms with Gasteiger partial charge in [-0.1, -0.05) is 61.7 Å². The minimum Gasteiger partial charge on any atom is -0.358 e. The van der Waals surface area contributed by atoms with Gasteiger partial charge in [-0.25, -0.2) is 9.63 Å². The number of amidine groups is 1. The lowest BCUT2D eigenvalue weighted by Gasteiger charge is -2.19. The van der Waals surface area contributed by atoms with Crippen molar-refractivity contribution in [3.05, 3.63) is 70.3 Å². The minimum atomic E-state index is -0.697. The minimum absolute atomic E-state index is 0.242. The highest BCUT2D eigenvalue weighted by molar-refractivity contribution is 5.90. The van der Waals surface area contributed by atoms with Crippen LogP contribution < -0.4 is 0 Å². The van der Waals surface area contributed by atoms with Gasteiger partial charge in [-0.2, -0.15) is 0 Å². The second-order valence-corrected chi connectivity index (χ2v) is 6.79. The zero-order chi connectivity index (χ0) is 19.1. The van der Waals surface area contributed by atoms with E-state index in [1.165, 1.54) is 6.42 Å². The zero-order valence-electron chi connectivity index (χ0n) is 15.0. The Hall–Kier alpha value is -3.02. The van der Waals surface area contributed by atoms with Gasteiger partial charge in [-0.3, -0.25) is 0 Å². The second-order valence-electron chi connectivity index (χ2n) is 6.79. The molecule has 0 bridgehead atoms. The molecule has 0 saturated heterocycles. The van der Waals surface area contributed by atoms with E-state index in [1.54, 1.807) is 12.1 Å². The highest BCUT2D eigenvalue weighted by atomic mass is 16.7. The van der Waals surface area contributed by atoms with Crippen LogP contribution in [0.3, 0.4) is 0 Å². The maximum Gasteiger partial charge on any atom is 0.393 e. The van der Waals surface area contributed by atoms with E-state index < -0.39 is 10.9 Å². The third-order valence-corrected chi connectivity index (χ3v) is 4.87. The molecule has 0 spiro atoms. The molecule has 2 aromatic carbocycles. The highest BCUT2D eigenvalue weighted by Gasteiger charge is 2.24. The van der Waals surface area contributed by atoms with Crippen molar-refractivity contribution in [2.24, 2.45) is 11.1 Å². The van der Waals surface area contributed by atoms with Crippen LogP contribution >= 0.6 is 0 Å². The van der Waals surface area contributed by atoms with E-state index in [0.29, 0.717) is 5.56 Å². The van der Waals surface area contributed by atoms with Gasteiger partial charge in [-0.15, -0.1) is 0 Å². The van der Waals surface area contributed by atoms with E-state index in [4.69, 9.17) is 4.84 Å². The number of hydrogen-bond donors (Lipinski definition) is 0. The van der Waals surface area contributed by atoms with Crippen LogP contribution in [-0.2, 0) is 4.84 Å². The lowest BCUT2D eigenvalue weighted by atomic mass is 9.87. The Morgan fingerprint density at radius 1 is 1.00 bits per heavy atom. The van der Waals surface area contributed by atoms with Gasteiger partial charge in [0, 0.05) is 0 Å². The zero-order valence-corrected chi connectivity index (χ0v) is 15.0. The summed E-state index contributed by atoms with van der Waals surface area (Å²) in [6, 6.07) is 16.7. The summed E-state index contributed by atoms with van der Waals surface area (Å²) in [6.45, 7) is 0. The molecule has 0 radical (unpaired) electrons. The van der Waals surface area contributed by atoms with Crippen molar-refractivity contribution in [3.8, 4) is 11.1 Å². The molecule has 0 unspecified atom stereocenters. The van der Waals surface area contributed by atoms with Crippen molar-refractivity contribution in [1.82, 2.24) is 0 Å². The Bertz CT molecular complexity index is 810. The molecule has 0 aliphatic heterocycles. The first kappa shape index (κ1) is 18.8. The number of benzene rings is 2. The standard InChI is InChI=1S/C21H22N2O4/c24-21(19-13-11-18(12-14-19)17-9-5-2-6-10-17)27-22-20(23(25)26)15-16-7-3-1-4-8-16/h2,5-6,9-14,16H,1,3-4,7-8,15H2/b22-20+. The molecule has 1 aliphatic rings. The van der Waals surface area contributed by atoms with Gasteiger partial charge in [0.1, 0.15) is 0 Å². The molecule has 0 aromatic heterocycles. The molecule has 27 heavy (non-hydrogen) atoms. The molecule has 3 rings (SSSR count). The fraction of sp³-hybridized carbons (Fsp3) is 0.333. The molecular weight excluding hydrogens is 344 g/mol. The second kappa shape index (κ2) is 9.07. The molecule has 140 valence electrons. The molecular formula is C21H22N2O4. The van der Waals surface area contributed by atoms with Crippen LogP contribution in [0.15, 0.2) is 59.8 Å². The Balaban J connectivity index is 1.64. The van der Waals surface area contributed by atoms with Crippen LogP contribution in [0, 0.1) is 16.0 Å². The number of rotatable bonds is 5. The number of carbonyl (C=O) groups is 1. The SMILES string of the molecule is O=C(O/N=C(\CC1CCCCC1)[N+](=O)[O-])c1ccc(-c2ccccc2)cc1. The van der Waals surface area contributed by atoms with Crippen LogP contribution in [-0.4, -0.2) is 16.7 Å². The van der Waals surface area contributed by atoms with Crippen molar-refractivity contribution in [2.75, 3.05) is 0 Å². The summed E-state index contributed by atoms with van der Waals surface area (Å²) < 4.78 is 0. The van der Waals surface area contributed by atoms with Crippen molar-refractivity contribution >= 4 is 11.8 Å². The molecule has 0 amide bonds. The van der Waals surface area contributed by atoms with E-state index >= 15 is 0 Å². The van der Waals surface area contributed by atoms with Crippen LogP contribution in [0.5, 0.6) is 0 Å². The van der Waals surface area contributed by atoms with Crippen molar-refractivity contribution in [3.63, 3.8) is 0 Å². The lowest BCUT2D eigenvalue weighted by molar-refractivity contribution is -0.356. The van der Waals surface area contributed by atoms with Gasteiger partial charge in [0.15, 0.2) is 5.16 Å². The normalized spacial score (nSPS) is 15.3. The Morgan fingerprint density at radius 3 is 2.26 bits per heavy atom. The molecule has 1 aliphatic carbocycles. The number of hydrogen-bond acceptors (Lipinski definition) is 5. The quantitative estimate of drug-likeness (QED) is 0.243. The number of nitrogens with zero attached hydrogens (tertiary/aromatic N) is 2.